The number of hydrogen-bond acceptors (Lipinski definition) is 3. The molecular formula is C25H20F3N3O2. The molecule has 8 heteroatoms. The molecule has 5 nitrogen and oxygen atoms in total. The van der Waals surface area contributed by atoms with Gasteiger partial charge in [-0.15, -0.1) is 0 Å². The van der Waals surface area contributed by atoms with Crippen molar-refractivity contribution < 1.29 is 22.7 Å². The third-order valence-electron chi connectivity index (χ3n) is 5.07. The second kappa shape index (κ2) is 9.20. The lowest BCUT2D eigenvalue weighted by Crippen LogP contribution is -2.20. The molecule has 1 N–H and O–H groups in total. The highest BCUT2D eigenvalue weighted by Crippen LogP contribution is 2.36. The molecule has 1 atom stereocenters. The summed E-state index contributed by atoms with van der Waals surface area (Å²) in [6.45, 7) is 1.64. The molecule has 0 radical (unpaired) electrons. The van der Waals surface area contributed by atoms with Gasteiger partial charge in [0.2, 0.25) is 0 Å². The van der Waals surface area contributed by atoms with Gasteiger partial charge in [-0.2, -0.15) is 18.3 Å². The minimum absolute atomic E-state index is 0.358. The van der Waals surface area contributed by atoms with E-state index in [0.29, 0.717) is 17.4 Å². The average molecular weight is 451 g/mol. The Kier molecular flexibility index (Phi) is 6.17. The Labute approximate surface area is 188 Å². The first-order valence-corrected chi connectivity index (χ1v) is 10.2. The number of rotatable bonds is 5. The van der Waals surface area contributed by atoms with Gasteiger partial charge in [0.15, 0.2) is 5.82 Å². The molecule has 0 aliphatic rings. The molecule has 4 aromatic rings. The van der Waals surface area contributed by atoms with Gasteiger partial charge in [0.05, 0.1) is 11.9 Å². The summed E-state index contributed by atoms with van der Waals surface area (Å²) in [5, 5.41) is 6.10. The van der Waals surface area contributed by atoms with Crippen molar-refractivity contribution in [3.05, 3.63) is 102 Å². The maximum atomic E-state index is 13.6. The van der Waals surface area contributed by atoms with Crippen LogP contribution in [0.5, 0.6) is 0 Å². The number of nitrogens with one attached hydrogen (secondary N) is 1. The number of aromatic nitrogens is 2. The standard InChI is InChI=1S/C25H20F3N3O2/c1-17(18-8-4-2-5-9-18)33-24(32)30-23-22(25(26,27)28)16-29-31(23)21-14-12-20(13-15-21)19-10-6-3-7-11-19/h2-17H,1H3,(H,30,32). The summed E-state index contributed by atoms with van der Waals surface area (Å²) in [7, 11) is 0. The molecule has 0 aliphatic heterocycles. The minimum Gasteiger partial charge on any atom is -0.441 e. The first-order valence-electron chi connectivity index (χ1n) is 10.2. The number of hydrogen-bond donors (Lipinski definition) is 1. The quantitative estimate of drug-likeness (QED) is 0.360. The zero-order valence-electron chi connectivity index (χ0n) is 17.6. The van der Waals surface area contributed by atoms with Crippen molar-refractivity contribution in [1.29, 1.82) is 0 Å². The van der Waals surface area contributed by atoms with Crippen LogP contribution in [-0.2, 0) is 10.9 Å². The minimum atomic E-state index is -4.71. The van der Waals surface area contributed by atoms with Gasteiger partial charge in [-0.25, -0.2) is 9.48 Å². The SMILES string of the molecule is CC(OC(=O)Nc1c(C(F)(F)F)cnn1-c1ccc(-c2ccccc2)cc1)c1ccccc1. The molecule has 0 aliphatic carbocycles. The van der Waals surface area contributed by atoms with Crippen molar-refractivity contribution in [3.8, 4) is 16.8 Å². The fraction of sp³-hybridized carbons (Fsp3) is 0.120. The molecule has 1 aromatic heterocycles. The predicted molar refractivity (Wildman–Crippen MR) is 119 cm³/mol. The van der Waals surface area contributed by atoms with E-state index in [2.05, 4.69) is 10.4 Å². The van der Waals surface area contributed by atoms with Gasteiger partial charge in [-0.1, -0.05) is 72.8 Å². The number of anilines is 1. The summed E-state index contributed by atoms with van der Waals surface area (Å²) in [5.74, 6) is -0.514. The zero-order chi connectivity index (χ0) is 23.4. The number of benzene rings is 3. The first kappa shape index (κ1) is 22.1. The normalized spacial score (nSPS) is 12.2. The topological polar surface area (TPSA) is 56.1 Å². The van der Waals surface area contributed by atoms with Crippen molar-refractivity contribution in [2.24, 2.45) is 0 Å². The van der Waals surface area contributed by atoms with E-state index in [1.165, 1.54) is 0 Å². The van der Waals surface area contributed by atoms with Crippen LogP contribution in [0.25, 0.3) is 16.8 Å². The van der Waals surface area contributed by atoms with Crippen molar-refractivity contribution in [1.82, 2.24) is 9.78 Å². The molecule has 168 valence electrons. The lowest BCUT2D eigenvalue weighted by Gasteiger charge is -2.16. The number of carbonyl (C=O) groups excluding carboxylic acids is 1. The van der Waals surface area contributed by atoms with Crippen LogP contribution >= 0.6 is 0 Å². The molecular weight excluding hydrogens is 431 g/mol. The van der Waals surface area contributed by atoms with Gasteiger partial charge >= 0.3 is 12.3 Å². The second-order valence-corrected chi connectivity index (χ2v) is 7.31. The van der Waals surface area contributed by atoms with Gasteiger partial charge in [0, 0.05) is 0 Å². The fourth-order valence-electron chi connectivity index (χ4n) is 3.38. The molecule has 0 fully saturated rings. The van der Waals surface area contributed by atoms with Crippen LogP contribution in [0.1, 0.15) is 24.2 Å². The predicted octanol–water partition coefficient (Wildman–Crippen LogP) is 6.87. The summed E-state index contributed by atoms with van der Waals surface area (Å²) in [6.07, 6.45) is -5.70. The summed E-state index contributed by atoms with van der Waals surface area (Å²) in [4.78, 5) is 12.5. The van der Waals surface area contributed by atoms with Crippen LogP contribution in [0, 0.1) is 0 Å². The lowest BCUT2D eigenvalue weighted by molar-refractivity contribution is -0.136. The molecule has 0 spiro atoms. The molecule has 0 saturated carbocycles. The Bertz CT molecular complexity index is 1220. The number of carbonyl (C=O) groups is 1. The van der Waals surface area contributed by atoms with Crippen molar-refractivity contribution in [3.63, 3.8) is 0 Å². The van der Waals surface area contributed by atoms with Crippen LogP contribution in [0.4, 0.5) is 23.8 Å². The van der Waals surface area contributed by atoms with E-state index >= 15 is 0 Å². The molecule has 1 heterocycles. The van der Waals surface area contributed by atoms with Crippen molar-refractivity contribution >= 4 is 11.9 Å². The van der Waals surface area contributed by atoms with Crippen molar-refractivity contribution in [2.75, 3.05) is 5.32 Å². The van der Waals surface area contributed by atoms with Crippen molar-refractivity contribution in [2.45, 2.75) is 19.2 Å². The third-order valence-corrected chi connectivity index (χ3v) is 5.07. The summed E-state index contributed by atoms with van der Waals surface area (Å²) in [5.41, 5.74) is 1.87. The Hall–Kier alpha value is -4.07. The Balaban J connectivity index is 1.61. The fourth-order valence-corrected chi connectivity index (χ4v) is 3.38. The van der Waals surface area contributed by atoms with Gasteiger partial charge in [0.25, 0.3) is 0 Å². The summed E-state index contributed by atoms with van der Waals surface area (Å²) >= 11 is 0. The highest BCUT2D eigenvalue weighted by molar-refractivity contribution is 5.85. The molecule has 1 unspecified atom stereocenters. The first-order chi connectivity index (χ1) is 15.8. The molecule has 3 aromatic carbocycles. The summed E-state index contributed by atoms with van der Waals surface area (Å²) in [6, 6.07) is 25.3. The number of amides is 1. The van der Waals surface area contributed by atoms with Crippen LogP contribution in [0.15, 0.2) is 91.1 Å². The molecule has 0 bridgehead atoms. The van der Waals surface area contributed by atoms with Gasteiger partial charge in [0.1, 0.15) is 11.7 Å². The van der Waals surface area contributed by atoms with Crippen LogP contribution < -0.4 is 5.32 Å². The maximum absolute atomic E-state index is 13.6. The average Bonchev–Trinajstić information content (AvgIpc) is 3.24. The lowest BCUT2D eigenvalue weighted by atomic mass is 10.1. The van der Waals surface area contributed by atoms with Gasteiger partial charge < -0.3 is 4.74 Å². The zero-order valence-corrected chi connectivity index (χ0v) is 17.6. The van der Waals surface area contributed by atoms with Crippen LogP contribution in [0.3, 0.4) is 0 Å². The monoisotopic (exact) mass is 451 g/mol. The Morgan fingerprint density at radius 3 is 2.09 bits per heavy atom. The Morgan fingerprint density at radius 1 is 0.909 bits per heavy atom. The van der Waals surface area contributed by atoms with E-state index in [0.717, 1.165) is 15.8 Å². The number of halogens is 3. The molecule has 0 saturated heterocycles. The third kappa shape index (κ3) is 5.06. The number of ether oxygens (including phenoxy) is 1. The largest absolute Gasteiger partial charge is 0.441 e. The second-order valence-electron chi connectivity index (χ2n) is 7.31. The van der Waals surface area contributed by atoms with E-state index in [1.54, 1.807) is 55.5 Å². The van der Waals surface area contributed by atoms with E-state index in [1.807, 2.05) is 36.4 Å². The molecule has 1 amide bonds. The summed E-state index contributed by atoms with van der Waals surface area (Å²) < 4.78 is 47.1. The van der Waals surface area contributed by atoms with Crippen LogP contribution in [0.2, 0.25) is 0 Å². The number of alkyl halides is 3. The van der Waals surface area contributed by atoms with E-state index in [4.69, 9.17) is 4.74 Å². The van der Waals surface area contributed by atoms with E-state index in [9.17, 15) is 18.0 Å². The highest BCUT2D eigenvalue weighted by Gasteiger charge is 2.37. The molecule has 4 rings (SSSR count). The van der Waals surface area contributed by atoms with E-state index < -0.39 is 29.8 Å². The number of nitrogens with zero attached hydrogens (tertiary/aromatic N) is 2. The van der Waals surface area contributed by atoms with E-state index in [-0.39, 0.29) is 0 Å². The van der Waals surface area contributed by atoms with Gasteiger partial charge in [-0.05, 0) is 35.7 Å². The smallest absolute Gasteiger partial charge is 0.421 e. The molecule has 33 heavy (non-hydrogen) atoms. The highest BCUT2D eigenvalue weighted by atomic mass is 19.4. The van der Waals surface area contributed by atoms with Crippen LogP contribution in [-0.4, -0.2) is 15.9 Å². The maximum Gasteiger partial charge on any atom is 0.421 e. The van der Waals surface area contributed by atoms with Gasteiger partial charge in [-0.3, -0.25) is 5.32 Å². The Morgan fingerprint density at radius 2 is 1.48 bits per heavy atom.